The zero-order chi connectivity index (χ0) is 57.8. The lowest BCUT2D eigenvalue weighted by atomic mass is 9.76. The Kier molecular flexibility index (Phi) is 19.8. The van der Waals surface area contributed by atoms with Gasteiger partial charge in [-0.15, -0.1) is 0 Å². The third-order valence-electron chi connectivity index (χ3n) is 19.2. The Balaban J connectivity index is 1.13. The van der Waals surface area contributed by atoms with Crippen LogP contribution in [-0.2, 0) is 25.7 Å². The van der Waals surface area contributed by atoms with Gasteiger partial charge in [0.1, 0.15) is 11.5 Å². The molecule has 0 fully saturated rings. The average Bonchev–Trinajstić information content (AvgIpc) is 1.46. The fraction of sp³-hybridized carbons (Fsp3) is 0.390. The normalized spacial score (nSPS) is 14.0. The van der Waals surface area contributed by atoms with E-state index in [4.69, 9.17) is 9.47 Å². The van der Waals surface area contributed by atoms with Crippen LogP contribution in [0.3, 0.4) is 0 Å². The highest BCUT2D eigenvalue weighted by Crippen LogP contribution is 2.59. The van der Waals surface area contributed by atoms with Crippen LogP contribution >= 0.6 is 0 Å². The molecule has 11 rings (SSSR count). The van der Waals surface area contributed by atoms with Crippen LogP contribution in [-0.4, -0.2) is 14.2 Å². The Morgan fingerprint density at radius 3 is 0.952 bits per heavy atom. The van der Waals surface area contributed by atoms with Crippen molar-refractivity contribution in [3.05, 3.63) is 213 Å². The van der Waals surface area contributed by atoms with E-state index in [1.54, 1.807) is 0 Å². The lowest BCUT2D eigenvalue weighted by Gasteiger charge is -2.26. The maximum absolute atomic E-state index is 6.09. The zero-order valence-corrected chi connectivity index (χ0v) is 52.0. The molecule has 0 aliphatic heterocycles. The fourth-order valence-electron chi connectivity index (χ4n) is 14.6. The van der Waals surface area contributed by atoms with Gasteiger partial charge in [0.2, 0.25) is 0 Å². The Morgan fingerprint density at radius 1 is 0.298 bits per heavy atom. The molecule has 9 aromatic rings. The molecule has 84 heavy (non-hydrogen) atoms. The standard InChI is InChI=1S/C82H94O2/c1-7-11-15-17-19-21-23-25-29-59-35-43-63(44-36-59)77-73-55-65(83-5)47-49-67(73)69-51-53-71-76(62-41-33-58(34-42-62)28-14-10-4)82-72(75(81(71)79(69)77)61-39-31-57(32-40-61)27-13-9-3)54-52-70-68-50-48-66(84-6)56-74(68)78(80(70)82)64-45-37-60(38-46-64)30-26-24-22-20-18-16-12-8-2/h31-56,77-78H,7-30H2,1-6H3. The maximum Gasteiger partial charge on any atom is 0.119 e. The number of rotatable bonds is 30. The Labute approximate surface area is 505 Å². The molecule has 2 unspecified atom stereocenters. The summed E-state index contributed by atoms with van der Waals surface area (Å²) >= 11 is 0. The van der Waals surface area contributed by atoms with Gasteiger partial charge in [-0.3, -0.25) is 0 Å². The van der Waals surface area contributed by atoms with Crippen LogP contribution in [0, 0.1) is 0 Å². The second-order valence-corrected chi connectivity index (χ2v) is 25.0. The highest BCUT2D eigenvalue weighted by atomic mass is 16.5. The van der Waals surface area contributed by atoms with Crippen molar-refractivity contribution in [1.82, 2.24) is 0 Å². The van der Waals surface area contributed by atoms with Crippen molar-refractivity contribution in [3.8, 4) is 56.0 Å². The lowest BCUT2D eigenvalue weighted by Crippen LogP contribution is -2.05. The van der Waals surface area contributed by atoms with Gasteiger partial charge in [0.15, 0.2) is 0 Å². The quantitative estimate of drug-likeness (QED) is 0.0330. The number of methoxy groups -OCH3 is 2. The molecule has 0 saturated carbocycles. The van der Waals surface area contributed by atoms with Crippen LogP contribution in [0.15, 0.2) is 158 Å². The van der Waals surface area contributed by atoms with E-state index in [0.29, 0.717) is 0 Å². The van der Waals surface area contributed by atoms with E-state index in [9.17, 15) is 0 Å². The fourth-order valence-corrected chi connectivity index (χ4v) is 14.6. The molecule has 2 heteroatoms. The topological polar surface area (TPSA) is 18.5 Å². The summed E-state index contributed by atoms with van der Waals surface area (Å²) in [6.45, 7) is 9.21. The molecular formula is C82H94O2. The second-order valence-electron chi connectivity index (χ2n) is 25.0. The number of ether oxygens (including phenoxy) is 2. The van der Waals surface area contributed by atoms with Crippen LogP contribution in [0.4, 0.5) is 0 Å². The summed E-state index contributed by atoms with van der Waals surface area (Å²) in [6, 6.07) is 62.8. The van der Waals surface area contributed by atoms with Gasteiger partial charge in [0.25, 0.3) is 0 Å². The summed E-state index contributed by atoms with van der Waals surface area (Å²) < 4.78 is 12.2. The zero-order valence-electron chi connectivity index (χ0n) is 52.0. The van der Waals surface area contributed by atoms with E-state index in [0.717, 1.165) is 37.2 Å². The lowest BCUT2D eigenvalue weighted by molar-refractivity contribution is 0.414. The summed E-state index contributed by atoms with van der Waals surface area (Å²) in [7, 11) is 3.63. The van der Waals surface area contributed by atoms with E-state index >= 15 is 0 Å². The van der Waals surface area contributed by atoms with Crippen LogP contribution in [0.1, 0.15) is 224 Å². The van der Waals surface area contributed by atoms with Gasteiger partial charge in [0, 0.05) is 11.8 Å². The summed E-state index contributed by atoms with van der Waals surface area (Å²) in [5.41, 5.74) is 24.2. The first-order valence-corrected chi connectivity index (χ1v) is 33.3. The summed E-state index contributed by atoms with van der Waals surface area (Å²) in [6.07, 6.45) is 30.5. The van der Waals surface area contributed by atoms with Crippen molar-refractivity contribution in [3.63, 3.8) is 0 Å². The van der Waals surface area contributed by atoms with Crippen LogP contribution in [0.2, 0.25) is 0 Å². The van der Waals surface area contributed by atoms with Crippen molar-refractivity contribution in [2.45, 2.75) is 194 Å². The van der Waals surface area contributed by atoms with Crippen molar-refractivity contribution in [2.24, 2.45) is 0 Å². The second kappa shape index (κ2) is 28.3. The number of fused-ring (bicyclic) bond motifs is 10. The smallest absolute Gasteiger partial charge is 0.119 e. The molecular weight excluding hydrogens is 1020 g/mol. The Morgan fingerprint density at radius 2 is 0.607 bits per heavy atom. The van der Waals surface area contributed by atoms with Gasteiger partial charge in [-0.2, -0.15) is 0 Å². The highest BCUT2D eigenvalue weighted by Gasteiger charge is 2.38. The molecule has 2 aliphatic rings. The molecule has 2 atom stereocenters. The molecule has 0 amide bonds. The van der Waals surface area contributed by atoms with Gasteiger partial charge in [-0.05, 0) is 197 Å². The molecule has 434 valence electrons. The van der Waals surface area contributed by atoms with Crippen LogP contribution in [0.5, 0.6) is 11.5 Å². The van der Waals surface area contributed by atoms with E-state index in [1.165, 1.54) is 250 Å². The minimum Gasteiger partial charge on any atom is -0.497 e. The van der Waals surface area contributed by atoms with Crippen molar-refractivity contribution < 1.29 is 9.47 Å². The van der Waals surface area contributed by atoms with Crippen LogP contribution in [0.25, 0.3) is 66.1 Å². The number of unbranched alkanes of at least 4 members (excludes halogenated alkanes) is 16. The van der Waals surface area contributed by atoms with E-state index < -0.39 is 0 Å². The third kappa shape index (κ3) is 12.6. The number of hydrogen-bond acceptors (Lipinski definition) is 2. The van der Waals surface area contributed by atoms with Gasteiger partial charge < -0.3 is 9.47 Å². The largest absolute Gasteiger partial charge is 0.497 e. The first-order chi connectivity index (χ1) is 41.5. The molecule has 0 N–H and O–H groups in total. The van der Waals surface area contributed by atoms with Crippen molar-refractivity contribution >= 4 is 21.5 Å². The number of aryl methyl sites for hydroxylation is 4. The molecule has 0 radical (unpaired) electrons. The summed E-state index contributed by atoms with van der Waals surface area (Å²) in [5.74, 6) is 1.80. The highest BCUT2D eigenvalue weighted by molar-refractivity contribution is 6.25. The van der Waals surface area contributed by atoms with Crippen LogP contribution < -0.4 is 9.47 Å². The minimum absolute atomic E-state index is 0.00141. The SMILES string of the molecule is CCCCCCCCCCc1ccc(C2c3cc(OC)ccc3-c3ccc4c(-c5ccc(CCCC)cc5)c5c6c(ccc5c(-c5ccc(CCCC)cc5)c4c32)-c2ccc(OC)cc2C6c2ccc(CCCCCCCCCC)cc2)cc1. The number of benzene rings is 9. The first-order valence-electron chi connectivity index (χ1n) is 33.3. The van der Waals surface area contributed by atoms with Gasteiger partial charge in [-0.25, -0.2) is 0 Å². The molecule has 0 aromatic heterocycles. The minimum atomic E-state index is -0.00141. The Bertz CT molecular complexity index is 3380. The molecule has 9 aromatic carbocycles. The molecule has 0 heterocycles. The van der Waals surface area contributed by atoms with Crippen molar-refractivity contribution in [1.29, 1.82) is 0 Å². The molecule has 0 saturated heterocycles. The third-order valence-corrected chi connectivity index (χ3v) is 19.2. The van der Waals surface area contributed by atoms with E-state index in [-0.39, 0.29) is 11.8 Å². The van der Waals surface area contributed by atoms with Crippen molar-refractivity contribution in [2.75, 3.05) is 14.2 Å². The molecule has 0 bridgehead atoms. The first kappa shape index (κ1) is 58.9. The number of hydrogen-bond donors (Lipinski definition) is 0. The summed E-state index contributed by atoms with van der Waals surface area (Å²) in [5, 5.41) is 5.33. The van der Waals surface area contributed by atoms with E-state index in [1.807, 2.05) is 14.2 Å². The molecule has 2 aliphatic carbocycles. The molecule has 0 spiro atoms. The van der Waals surface area contributed by atoms with Gasteiger partial charge in [-0.1, -0.05) is 264 Å². The predicted molar refractivity (Wildman–Crippen MR) is 361 cm³/mol. The average molecular weight is 1110 g/mol. The predicted octanol–water partition coefficient (Wildman–Crippen LogP) is 23.7. The summed E-state index contributed by atoms with van der Waals surface area (Å²) in [4.78, 5) is 0. The van der Waals surface area contributed by atoms with Gasteiger partial charge in [0.05, 0.1) is 14.2 Å². The Hall–Kier alpha value is -6.90. The monoisotopic (exact) mass is 1110 g/mol. The van der Waals surface area contributed by atoms with E-state index in [2.05, 4.69) is 185 Å². The molecule has 2 nitrogen and oxygen atoms in total. The maximum atomic E-state index is 6.09. The van der Waals surface area contributed by atoms with Gasteiger partial charge >= 0.3 is 0 Å².